The molecule has 2 rings (SSSR count). The van der Waals surface area contributed by atoms with Gasteiger partial charge >= 0.3 is 5.97 Å². The number of carbonyl (C=O) groups is 2. The topological polar surface area (TPSA) is 85.8 Å². The van der Waals surface area contributed by atoms with Crippen LogP contribution in [0.3, 0.4) is 0 Å². The fraction of sp³-hybridized carbons (Fsp3) is 0.571. The molecule has 2 N–H and O–H groups in total. The van der Waals surface area contributed by atoms with E-state index in [1.807, 2.05) is 4.90 Å². The predicted octanol–water partition coefficient (Wildman–Crippen LogP) is 1.21. The van der Waals surface area contributed by atoms with E-state index in [0.717, 1.165) is 31.4 Å². The van der Waals surface area contributed by atoms with Gasteiger partial charge in [0.2, 0.25) is 11.7 Å². The van der Waals surface area contributed by atoms with Crippen LogP contribution in [-0.2, 0) is 16.1 Å². The molecule has 1 fully saturated rings. The molecule has 0 spiro atoms. The first-order valence-corrected chi connectivity index (χ1v) is 6.74. The van der Waals surface area contributed by atoms with E-state index in [1.165, 1.54) is 7.11 Å². The second-order valence-electron chi connectivity index (χ2n) is 5.10. The van der Waals surface area contributed by atoms with Crippen LogP contribution in [0.25, 0.3) is 0 Å². The number of nitrogens with two attached hydrogens (primary N) is 1. The molecule has 0 aromatic carbocycles. The number of hydrogen-bond acceptors (Lipinski definition) is 5. The molecule has 1 amide bonds. The second-order valence-corrected chi connectivity index (χ2v) is 5.10. The molecule has 1 atom stereocenters. The smallest absolute Gasteiger partial charge is 0.374 e. The standard InChI is InChI=1S/C14H20N2O4/c1-9-7-10(20-12(9)14(18)19-2)8-16-6-4-3-5-11(16)13(15)17/h7,11H,3-6,8H2,1-2H3,(H2,15,17)/t11-/m0/s1. The maximum Gasteiger partial charge on any atom is 0.374 e. The Kier molecular flexibility index (Phi) is 4.44. The van der Waals surface area contributed by atoms with E-state index in [0.29, 0.717) is 12.3 Å². The molecule has 1 aromatic rings. The zero-order chi connectivity index (χ0) is 14.7. The van der Waals surface area contributed by atoms with Crippen LogP contribution in [-0.4, -0.2) is 36.5 Å². The number of piperidine rings is 1. The minimum Gasteiger partial charge on any atom is -0.463 e. The highest BCUT2D eigenvalue weighted by Crippen LogP contribution is 2.22. The SMILES string of the molecule is COC(=O)c1oc(CN2CCCC[C@H]2C(N)=O)cc1C. The number of aryl methyl sites for hydroxylation is 1. The molecule has 20 heavy (non-hydrogen) atoms. The van der Waals surface area contributed by atoms with Crippen molar-refractivity contribution in [2.24, 2.45) is 5.73 Å². The lowest BCUT2D eigenvalue weighted by molar-refractivity contribution is -0.124. The highest BCUT2D eigenvalue weighted by atomic mass is 16.5. The quantitative estimate of drug-likeness (QED) is 0.838. The number of methoxy groups -OCH3 is 1. The Hall–Kier alpha value is -1.82. The first-order chi connectivity index (χ1) is 9.52. The number of furan rings is 1. The lowest BCUT2D eigenvalue weighted by atomic mass is 10.0. The van der Waals surface area contributed by atoms with Crippen molar-refractivity contribution in [3.63, 3.8) is 0 Å². The van der Waals surface area contributed by atoms with Gasteiger partial charge in [0.15, 0.2) is 0 Å². The molecule has 6 heteroatoms. The van der Waals surface area contributed by atoms with E-state index >= 15 is 0 Å². The van der Waals surface area contributed by atoms with Crippen molar-refractivity contribution in [1.82, 2.24) is 4.90 Å². The fourth-order valence-corrected chi connectivity index (χ4v) is 2.62. The first kappa shape index (κ1) is 14.6. The van der Waals surface area contributed by atoms with Crippen molar-refractivity contribution in [3.8, 4) is 0 Å². The average Bonchev–Trinajstić information content (AvgIpc) is 2.79. The number of nitrogens with zero attached hydrogens (tertiary/aromatic N) is 1. The lowest BCUT2D eigenvalue weighted by Gasteiger charge is -2.32. The number of rotatable bonds is 4. The van der Waals surface area contributed by atoms with Gasteiger partial charge in [-0.25, -0.2) is 4.79 Å². The molecule has 2 heterocycles. The number of esters is 1. The van der Waals surface area contributed by atoms with Crippen LogP contribution in [0, 0.1) is 6.92 Å². The van der Waals surface area contributed by atoms with E-state index in [1.54, 1.807) is 13.0 Å². The van der Waals surface area contributed by atoms with E-state index in [2.05, 4.69) is 4.74 Å². The molecule has 1 saturated heterocycles. The highest BCUT2D eigenvalue weighted by molar-refractivity contribution is 5.87. The first-order valence-electron chi connectivity index (χ1n) is 6.74. The van der Waals surface area contributed by atoms with E-state index in [4.69, 9.17) is 10.2 Å². The molecule has 110 valence electrons. The zero-order valence-electron chi connectivity index (χ0n) is 11.8. The third kappa shape index (κ3) is 3.01. The molecule has 0 aliphatic carbocycles. The summed E-state index contributed by atoms with van der Waals surface area (Å²) in [5.74, 6) is 0.0752. The summed E-state index contributed by atoms with van der Waals surface area (Å²) >= 11 is 0. The van der Waals surface area contributed by atoms with Crippen LogP contribution in [0.15, 0.2) is 10.5 Å². The minimum atomic E-state index is -0.487. The summed E-state index contributed by atoms with van der Waals surface area (Å²) in [6, 6.07) is 1.55. The largest absolute Gasteiger partial charge is 0.463 e. The van der Waals surface area contributed by atoms with Crippen LogP contribution in [0.1, 0.15) is 41.1 Å². The fourth-order valence-electron chi connectivity index (χ4n) is 2.62. The summed E-state index contributed by atoms with van der Waals surface area (Å²) in [6.07, 6.45) is 2.82. The summed E-state index contributed by atoms with van der Waals surface area (Å²) in [5, 5.41) is 0. The number of hydrogen-bond donors (Lipinski definition) is 1. The Morgan fingerprint density at radius 3 is 2.90 bits per heavy atom. The number of amides is 1. The zero-order valence-corrected chi connectivity index (χ0v) is 11.8. The van der Waals surface area contributed by atoms with Gasteiger partial charge in [0.1, 0.15) is 5.76 Å². The summed E-state index contributed by atoms with van der Waals surface area (Å²) in [7, 11) is 1.32. The Balaban J connectivity index is 2.12. The maximum atomic E-state index is 11.5. The highest BCUT2D eigenvalue weighted by Gasteiger charge is 2.28. The van der Waals surface area contributed by atoms with Crippen molar-refractivity contribution >= 4 is 11.9 Å². The van der Waals surface area contributed by atoms with E-state index in [-0.39, 0.29) is 17.7 Å². The molecule has 0 saturated carbocycles. The van der Waals surface area contributed by atoms with Gasteiger partial charge < -0.3 is 14.9 Å². The second kappa shape index (κ2) is 6.09. The van der Waals surface area contributed by atoms with Gasteiger partial charge in [-0.15, -0.1) is 0 Å². The summed E-state index contributed by atoms with van der Waals surface area (Å²) in [6.45, 7) is 3.08. The average molecular weight is 280 g/mol. The monoisotopic (exact) mass is 280 g/mol. The van der Waals surface area contributed by atoms with E-state index < -0.39 is 5.97 Å². The Morgan fingerprint density at radius 2 is 2.25 bits per heavy atom. The predicted molar refractivity (Wildman–Crippen MR) is 72.0 cm³/mol. The lowest BCUT2D eigenvalue weighted by Crippen LogP contribution is -2.47. The van der Waals surface area contributed by atoms with Crippen molar-refractivity contribution in [3.05, 3.63) is 23.2 Å². The van der Waals surface area contributed by atoms with Crippen LogP contribution in [0.5, 0.6) is 0 Å². The molecular formula is C14H20N2O4. The summed E-state index contributed by atoms with van der Waals surface area (Å²) < 4.78 is 10.2. The number of carbonyl (C=O) groups excluding carboxylic acids is 2. The molecular weight excluding hydrogens is 260 g/mol. The van der Waals surface area contributed by atoms with Crippen LogP contribution >= 0.6 is 0 Å². The molecule has 1 aliphatic heterocycles. The molecule has 1 aromatic heterocycles. The number of likely N-dealkylation sites (tertiary alicyclic amines) is 1. The van der Waals surface area contributed by atoms with Crippen LogP contribution in [0.4, 0.5) is 0 Å². The third-order valence-corrected chi connectivity index (χ3v) is 3.64. The van der Waals surface area contributed by atoms with Crippen molar-refractivity contribution in [1.29, 1.82) is 0 Å². The maximum absolute atomic E-state index is 11.5. The molecule has 1 aliphatic rings. The van der Waals surface area contributed by atoms with E-state index in [9.17, 15) is 9.59 Å². The van der Waals surface area contributed by atoms with Gasteiger partial charge in [0, 0.05) is 5.56 Å². The van der Waals surface area contributed by atoms with Gasteiger partial charge in [-0.05, 0) is 32.4 Å². The number of primary amides is 1. The molecule has 0 unspecified atom stereocenters. The van der Waals surface area contributed by atoms with Crippen molar-refractivity contribution in [2.75, 3.05) is 13.7 Å². The van der Waals surface area contributed by atoms with Gasteiger partial charge in [-0.3, -0.25) is 9.69 Å². The van der Waals surface area contributed by atoms with Crippen LogP contribution < -0.4 is 5.73 Å². The van der Waals surface area contributed by atoms with Gasteiger partial charge in [0.05, 0.1) is 19.7 Å². The van der Waals surface area contributed by atoms with Crippen LogP contribution in [0.2, 0.25) is 0 Å². The Bertz CT molecular complexity index is 509. The normalized spacial score (nSPS) is 19.8. The Morgan fingerprint density at radius 1 is 1.50 bits per heavy atom. The summed E-state index contributed by atoms with van der Waals surface area (Å²) in [4.78, 5) is 25.0. The summed E-state index contributed by atoms with van der Waals surface area (Å²) in [5.41, 5.74) is 6.17. The van der Waals surface area contributed by atoms with Gasteiger partial charge in [0.25, 0.3) is 0 Å². The Labute approximate surface area is 117 Å². The van der Waals surface area contributed by atoms with Gasteiger partial charge in [-0.1, -0.05) is 6.42 Å². The minimum absolute atomic E-state index is 0.218. The third-order valence-electron chi connectivity index (χ3n) is 3.64. The molecule has 6 nitrogen and oxygen atoms in total. The molecule has 0 radical (unpaired) electrons. The van der Waals surface area contributed by atoms with Gasteiger partial charge in [-0.2, -0.15) is 0 Å². The molecule has 0 bridgehead atoms. The van der Waals surface area contributed by atoms with Crippen molar-refractivity contribution < 1.29 is 18.7 Å². The van der Waals surface area contributed by atoms with Crippen molar-refractivity contribution in [2.45, 2.75) is 38.8 Å². The number of ether oxygens (including phenoxy) is 1.